The third-order valence-corrected chi connectivity index (χ3v) is 0. The summed E-state index contributed by atoms with van der Waals surface area (Å²) in [5.41, 5.74) is 0. The summed E-state index contributed by atoms with van der Waals surface area (Å²) >= 11 is 8.10. The lowest BCUT2D eigenvalue weighted by atomic mass is 11.0. The van der Waals surface area contributed by atoms with Gasteiger partial charge < -0.3 is 0 Å². The van der Waals surface area contributed by atoms with E-state index in [1.165, 1.54) is 0 Å². The second kappa shape index (κ2) is 1.73. The molecular weight excluding hydrogens is 88.2 g/mol. The lowest BCUT2D eigenvalue weighted by molar-refractivity contribution is 2.12. The molecule has 0 aromatic heterocycles. The topological polar surface area (TPSA) is 0 Å². The summed E-state index contributed by atoms with van der Waals surface area (Å²) in [6.45, 7) is 1.76. The molecule has 2 heteroatoms. The molecule has 0 spiro atoms. The van der Waals surface area contributed by atoms with Crippen LogP contribution in [0.1, 0.15) is 6.92 Å². The quantitative estimate of drug-likeness (QED) is 0.347. The van der Waals surface area contributed by atoms with Crippen molar-refractivity contribution < 1.29 is 0 Å². The maximum Gasteiger partial charge on any atom is 0.0416 e. The predicted octanol–water partition coefficient (Wildman–Crippen LogP) is 1.26. The number of thiol groups is 1. The predicted molar refractivity (Wildman–Crippen MR) is 27.3 cm³/mol. The minimum absolute atomic E-state index is 0.694. The van der Waals surface area contributed by atoms with Gasteiger partial charge >= 0.3 is 0 Å². The van der Waals surface area contributed by atoms with E-state index in [-0.39, 0.29) is 0 Å². The molecule has 4 heavy (non-hydrogen) atoms. The summed E-state index contributed by atoms with van der Waals surface area (Å²) in [6.07, 6.45) is 0. The molecule has 0 aliphatic heterocycles. The van der Waals surface area contributed by atoms with Crippen LogP contribution in [0.5, 0.6) is 0 Å². The molecule has 0 unspecified atom stereocenters. The molecule has 0 aromatic rings. The van der Waals surface area contributed by atoms with Gasteiger partial charge in [-0.05, 0) is 6.92 Å². The van der Waals surface area contributed by atoms with Gasteiger partial charge in [0.15, 0.2) is 0 Å². The van der Waals surface area contributed by atoms with Gasteiger partial charge in [-0.25, -0.2) is 0 Å². The van der Waals surface area contributed by atoms with Gasteiger partial charge in [0, 0.05) is 4.20 Å². The van der Waals surface area contributed by atoms with Gasteiger partial charge in [0.05, 0.1) is 0 Å². The fraction of sp³-hybridized carbons (Fsp3) is 0.500. The summed E-state index contributed by atoms with van der Waals surface area (Å²) in [4.78, 5) is 0. The smallest absolute Gasteiger partial charge is 0.0416 e. The van der Waals surface area contributed by atoms with Gasteiger partial charge in [-0.1, -0.05) is 12.2 Å². The summed E-state index contributed by atoms with van der Waals surface area (Å²) in [5, 5.41) is 0. The number of hydrogen-bond donors (Lipinski definition) is 1. The zero-order valence-corrected chi connectivity index (χ0v) is 4.07. The van der Waals surface area contributed by atoms with Gasteiger partial charge in [0.25, 0.3) is 0 Å². The summed E-state index contributed by atoms with van der Waals surface area (Å²) < 4.78 is 0.694. The molecule has 24 valence electrons. The molecular formula is C2H4S2. The fourth-order valence-electron chi connectivity index (χ4n) is 0. The third-order valence-electron chi connectivity index (χ3n) is 0. The van der Waals surface area contributed by atoms with Crippen molar-refractivity contribution in [1.29, 1.82) is 0 Å². The Kier molecular flexibility index (Phi) is 1.92. The van der Waals surface area contributed by atoms with Gasteiger partial charge in [0.1, 0.15) is 0 Å². The Morgan fingerprint density at radius 3 is 2.00 bits per heavy atom. The third kappa shape index (κ3) is 26.1. The lowest BCUT2D eigenvalue weighted by Gasteiger charge is -1.60. The normalized spacial score (nSPS) is 6.50. The lowest BCUT2D eigenvalue weighted by Crippen LogP contribution is -1.55. The number of thiocarbonyl (C=S) groups is 1. The van der Waals surface area contributed by atoms with Crippen LogP contribution in [-0.4, -0.2) is 4.20 Å². The van der Waals surface area contributed by atoms with E-state index in [0.29, 0.717) is 4.20 Å². The van der Waals surface area contributed by atoms with E-state index in [1.54, 1.807) is 6.92 Å². The van der Waals surface area contributed by atoms with Gasteiger partial charge in [-0.15, -0.1) is 12.6 Å². The number of rotatable bonds is 0. The highest BCUT2D eigenvalue weighted by Crippen LogP contribution is 1.73. The average molecular weight is 92.2 g/mol. The Morgan fingerprint density at radius 2 is 2.00 bits per heavy atom. The highest BCUT2D eigenvalue weighted by molar-refractivity contribution is 8.11. The first-order valence-electron chi connectivity index (χ1n) is 0.928. The molecule has 0 nitrogen and oxygen atoms in total. The molecule has 0 atom stereocenters. The van der Waals surface area contributed by atoms with E-state index in [4.69, 9.17) is 0 Å². The number of hydrogen-bond acceptors (Lipinski definition) is 1. The first-order chi connectivity index (χ1) is 1.73. The largest absolute Gasteiger partial charge is 0.137 e. The van der Waals surface area contributed by atoms with E-state index >= 15 is 0 Å². The van der Waals surface area contributed by atoms with Crippen LogP contribution in [0.25, 0.3) is 0 Å². The molecule has 0 aliphatic carbocycles. The van der Waals surface area contributed by atoms with Crippen LogP contribution in [0.3, 0.4) is 0 Å². The molecule has 0 aromatic carbocycles. The molecule has 0 saturated heterocycles. The average Bonchev–Trinajstić information content (AvgIpc) is 0.811. The van der Waals surface area contributed by atoms with Crippen LogP contribution in [0.15, 0.2) is 0 Å². The van der Waals surface area contributed by atoms with Crippen molar-refractivity contribution in [1.82, 2.24) is 0 Å². The Bertz CT molecular complexity index is 27.0. The van der Waals surface area contributed by atoms with E-state index in [9.17, 15) is 0 Å². The SMILES string of the molecule is CC(=S)S. The Balaban J connectivity index is 2.80. The van der Waals surface area contributed by atoms with Gasteiger partial charge in [-0.3, -0.25) is 0 Å². The first-order valence-corrected chi connectivity index (χ1v) is 1.78. The summed E-state index contributed by atoms with van der Waals surface area (Å²) in [7, 11) is 0. The zero-order valence-electron chi connectivity index (χ0n) is 2.36. The van der Waals surface area contributed by atoms with Crippen LogP contribution in [0.4, 0.5) is 0 Å². The highest BCUT2D eigenvalue weighted by atomic mass is 32.1. The summed E-state index contributed by atoms with van der Waals surface area (Å²) in [5.74, 6) is 0. The molecule has 0 amide bonds. The summed E-state index contributed by atoms with van der Waals surface area (Å²) in [6, 6.07) is 0. The zero-order chi connectivity index (χ0) is 3.58. The van der Waals surface area contributed by atoms with E-state index < -0.39 is 0 Å². The van der Waals surface area contributed by atoms with Crippen molar-refractivity contribution in [3.8, 4) is 0 Å². The Morgan fingerprint density at radius 1 is 2.00 bits per heavy atom. The van der Waals surface area contributed by atoms with Crippen molar-refractivity contribution in [2.24, 2.45) is 0 Å². The molecule has 0 radical (unpaired) electrons. The van der Waals surface area contributed by atoms with E-state index in [2.05, 4.69) is 24.8 Å². The van der Waals surface area contributed by atoms with E-state index in [1.807, 2.05) is 0 Å². The maximum absolute atomic E-state index is 4.40. The van der Waals surface area contributed by atoms with Crippen molar-refractivity contribution >= 4 is 29.0 Å². The van der Waals surface area contributed by atoms with Crippen molar-refractivity contribution in [2.45, 2.75) is 6.92 Å². The second-order valence-corrected chi connectivity index (χ2v) is 2.10. The van der Waals surface area contributed by atoms with Crippen LogP contribution < -0.4 is 0 Å². The fourth-order valence-corrected chi connectivity index (χ4v) is 0. The minimum Gasteiger partial charge on any atom is -0.137 e. The Labute approximate surface area is 36.6 Å². The molecule has 0 fully saturated rings. The van der Waals surface area contributed by atoms with Gasteiger partial charge in [-0.2, -0.15) is 0 Å². The molecule has 0 rings (SSSR count). The van der Waals surface area contributed by atoms with Crippen LogP contribution in [0.2, 0.25) is 0 Å². The van der Waals surface area contributed by atoms with E-state index in [0.717, 1.165) is 0 Å². The monoisotopic (exact) mass is 92.0 g/mol. The molecule has 0 heterocycles. The van der Waals surface area contributed by atoms with Crippen LogP contribution >= 0.6 is 24.8 Å². The highest BCUT2D eigenvalue weighted by Gasteiger charge is 1.56. The van der Waals surface area contributed by atoms with Crippen molar-refractivity contribution in [2.75, 3.05) is 0 Å². The standard InChI is InChI=1S/C2H4S2/c1-2(3)4/h1H3,(H,3,4). The molecule has 0 bridgehead atoms. The molecule has 0 N–H and O–H groups in total. The molecule has 0 saturated carbocycles. The van der Waals surface area contributed by atoms with Crippen LogP contribution in [0, 0.1) is 0 Å². The van der Waals surface area contributed by atoms with Crippen molar-refractivity contribution in [3.63, 3.8) is 0 Å². The minimum atomic E-state index is 0.694. The molecule has 0 aliphatic rings. The van der Waals surface area contributed by atoms with Crippen molar-refractivity contribution in [3.05, 3.63) is 0 Å². The second-order valence-electron chi connectivity index (χ2n) is 0.519. The van der Waals surface area contributed by atoms with Gasteiger partial charge in [0.2, 0.25) is 0 Å². The first kappa shape index (κ1) is 4.44. The van der Waals surface area contributed by atoms with Crippen LogP contribution in [-0.2, 0) is 0 Å². The maximum atomic E-state index is 4.40. The Hall–Kier alpha value is 0.440.